The third-order valence-electron chi connectivity index (χ3n) is 4.52. The largest absolute Gasteiger partial charge is 0.379 e. The van der Waals surface area contributed by atoms with Gasteiger partial charge in [-0.25, -0.2) is 0 Å². The van der Waals surface area contributed by atoms with Gasteiger partial charge in [0.25, 0.3) is 5.91 Å². The zero-order chi connectivity index (χ0) is 17.4. The molecule has 1 amide bonds. The van der Waals surface area contributed by atoms with Gasteiger partial charge in [0.2, 0.25) is 0 Å². The number of hydrogen-bond donors (Lipinski definition) is 1. The molecule has 130 valence electrons. The highest BCUT2D eigenvalue weighted by Crippen LogP contribution is 2.20. The van der Waals surface area contributed by atoms with Crippen molar-refractivity contribution in [3.05, 3.63) is 41.5 Å². The lowest BCUT2D eigenvalue weighted by atomic mass is 9.98. The second-order valence-corrected chi connectivity index (χ2v) is 6.41. The minimum absolute atomic E-state index is 0.0693. The van der Waals surface area contributed by atoms with Crippen molar-refractivity contribution < 1.29 is 14.1 Å². The highest BCUT2D eigenvalue weighted by Gasteiger charge is 2.31. The van der Waals surface area contributed by atoms with Gasteiger partial charge >= 0.3 is 0 Å². The van der Waals surface area contributed by atoms with E-state index in [9.17, 15) is 4.79 Å². The molecule has 1 saturated heterocycles. The molecule has 1 aliphatic rings. The maximum Gasteiger partial charge on any atom is 0.253 e. The van der Waals surface area contributed by atoms with Crippen molar-refractivity contribution in [3.63, 3.8) is 0 Å². The summed E-state index contributed by atoms with van der Waals surface area (Å²) in [5.41, 5.74) is 2.95. The average Bonchev–Trinajstić information content (AvgIpc) is 3.30. The van der Waals surface area contributed by atoms with Crippen LogP contribution in [0.4, 0.5) is 0 Å². The van der Waals surface area contributed by atoms with Crippen LogP contribution >= 0.6 is 0 Å². The van der Waals surface area contributed by atoms with Crippen LogP contribution in [-0.2, 0) is 18.2 Å². The minimum atomic E-state index is -0.162. The van der Waals surface area contributed by atoms with E-state index in [1.54, 1.807) is 23.1 Å². The van der Waals surface area contributed by atoms with E-state index in [1.807, 2.05) is 20.0 Å². The Morgan fingerprint density at radius 1 is 1.36 bits per heavy atom. The van der Waals surface area contributed by atoms with Crippen molar-refractivity contribution in [1.29, 1.82) is 0 Å². The second kappa shape index (κ2) is 6.29. The van der Waals surface area contributed by atoms with Crippen LogP contribution in [0.2, 0.25) is 0 Å². The lowest BCUT2D eigenvalue weighted by Crippen LogP contribution is -2.40. The van der Waals surface area contributed by atoms with Gasteiger partial charge < -0.3 is 14.6 Å². The van der Waals surface area contributed by atoms with Crippen LogP contribution in [0.25, 0.3) is 11.0 Å². The summed E-state index contributed by atoms with van der Waals surface area (Å²) in [6.07, 6.45) is 3.94. The number of aryl methyl sites for hydroxylation is 2. The van der Waals surface area contributed by atoms with Gasteiger partial charge in [-0.05, 0) is 13.0 Å². The number of hydrogen-bond acceptors (Lipinski definition) is 6. The highest BCUT2D eigenvalue weighted by molar-refractivity contribution is 5.96. The molecule has 2 atom stereocenters. The normalized spacial score (nSPS) is 20.2. The van der Waals surface area contributed by atoms with E-state index in [1.165, 1.54) is 0 Å². The molecule has 0 bridgehead atoms. The molecular formula is C17H19N5O3. The fourth-order valence-corrected chi connectivity index (χ4v) is 3.13. The topological polar surface area (TPSA) is 95.1 Å². The van der Waals surface area contributed by atoms with Crippen LogP contribution in [0, 0.1) is 12.8 Å². The number of carbonyl (C=O) groups excluding carboxylic acids is 1. The lowest BCUT2D eigenvalue weighted by Gasteiger charge is -2.18. The molecule has 1 N–H and O–H groups in total. The summed E-state index contributed by atoms with van der Waals surface area (Å²) in [4.78, 5) is 16.9. The molecule has 0 saturated carbocycles. The minimum Gasteiger partial charge on any atom is -0.379 e. The molecule has 0 unspecified atom stereocenters. The van der Waals surface area contributed by atoms with Crippen molar-refractivity contribution in [2.24, 2.45) is 13.0 Å². The number of amides is 1. The van der Waals surface area contributed by atoms with Crippen LogP contribution < -0.4 is 5.32 Å². The molecular weight excluding hydrogens is 322 g/mol. The smallest absolute Gasteiger partial charge is 0.253 e. The standard InChI is InChI=1S/C17H19N5O3/c1-10-3-13(25-21-10)4-12-8-24-9-15(12)20-17(23)11-5-16-14(18-6-11)7-19-22(16)2/h3,5-7,12,15H,4,8-9H2,1-2H3,(H,20,23)/t12-,15+/m1/s1. The first-order valence-corrected chi connectivity index (χ1v) is 8.18. The monoisotopic (exact) mass is 341 g/mol. The number of ether oxygens (including phenoxy) is 1. The number of nitrogens with zero attached hydrogens (tertiary/aromatic N) is 4. The van der Waals surface area contributed by atoms with Gasteiger partial charge in [-0.3, -0.25) is 14.5 Å². The first-order chi connectivity index (χ1) is 12.1. The van der Waals surface area contributed by atoms with Gasteiger partial charge in [-0.2, -0.15) is 5.10 Å². The van der Waals surface area contributed by atoms with Crippen molar-refractivity contribution in [2.75, 3.05) is 13.2 Å². The van der Waals surface area contributed by atoms with Gasteiger partial charge in [0.1, 0.15) is 11.3 Å². The molecule has 0 spiro atoms. The quantitative estimate of drug-likeness (QED) is 0.767. The first-order valence-electron chi connectivity index (χ1n) is 8.18. The van der Waals surface area contributed by atoms with E-state index in [0.29, 0.717) is 25.2 Å². The average molecular weight is 341 g/mol. The van der Waals surface area contributed by atoms with E-state index < -0.39 is 0 Å². The van der Waals surface area contributed by atoms with E-state index in [-0.39, 0.29) is 17.9 Å². The number of rotatable bonds is 4. The van der Waals surface area contributed by atoms with Gasteiger partial charge in [0.15, 0.2) is 0 Å². The van der Waals surface area contributed by atoms with Gasteiger partial charge in [-0.1, -0.05) is 5.16 Å². The fourth-order valence-electron chi connectivity index (χ4n) is 3.13. The molecule has 4 heterocycles. The predicted octanol–water partition coefficient (Wildman–Crippen LogP) is 1.25. The number of fused-ring (bicyclic) bond motifs is 1. The van der Waals surface area contributed by atoms with Crippen LogP contribution in [0.15, 0.2) is 29.0 Å². The lowest BCUT2D eigenvalue weighted by molar-refractivity contribution is 0.0924. The molecule has 3 aromatic heterocycles. The molecule has 1 aliphatic heterocycles. The third-order valence-corrected chi connectivity index (χ3v) is 4.52. The summed E-state index contributed by atoms with van der Waals surface area (Å²) in [7, 11) is 1.83. The van der Waals surface area contributed by atoms with Crippen molar-refractivity contribution in [3.8, 4) is 0 Å². The number of pyridine rings is 1. The number of aromatic nitrogens is 4. The molecule has 1 fully saturated rings. The Morgan fingerprint density at radius 2 is 2.24 bits per heavy atom. The summed E-state index contributed by atoms with van der Waals surface area (Å²) in [6.45, 7) is 2.97. The van der Waals surface area contributed by atoms with Crippen LogP contribution in [0.1, 0.15) is 21.8 Å². The van der Waals surface area contributed by atoms with Gasteiger partial charge in [-0.15, -0.1) is 0 Å². The van der Waals surface area contributed by atoms with Crippen LogP contribution in [-0.4, -0.2) is 45.1 Å². The van der Waals surface area contributed by atoms with Gasteiger partial charge in [0.05, 0.1) is 42.2 Å². The van der Waals surface area contributed by atoms with E-state index in [2.05, 4.69) is 20.6 Å². The van der Waals surface area contributed by atoms with Gasteiger partial charge in [0, 0.05) is 31.6 Å². The second-order valence-electron chi connectivity index (χ2n) is 6.41. The summed E-state index contributed by atoms with van der Waals surface area (Å²) < 4.78 is 12.5. The zero-order valence-electron chi connectivity index (χ0n) is 14.1. The number of nitrogens with one attached hydrogen (secondary N) is 1. The van der Waals surface area contributed by atoms with Crippen molar-refractivity contribution in [2.45, 2.75) is 19.4 Å². The molecule has 8 nitrogen and oxygen atoms in total. The Bertz CT molecular complexity index is 916. The van der Waals surface area contributed by atoms with E-state index in [0.717, 1.165) is 22.5 Å². The van der Waals surface area contributed by atoms with Crippen molar-refractivity contribution in [1.82, 2.24) is 25.2 Å². The Morgan fingerprint density at radius 3 is 3.04 bits per heavy atom. The Hall–Kier alpha value is -2.74. The van der Waals surface area contributed by atoms with Crippen LogP contribution in [0.5, 0.6) is 0 Å². The molecule has 0 aliphatic carbocycles. The van der Waals surface area contributed by atoms with E-state index >= 15 is 0 Å². The van der Waals surface area contributed by atoms with Crippen LogP contribution in [0.3, 0.4) is 0 Å². The summed E-state index contributed by atoms with van der Waals surface area (Å²) in [6, 6.07) is 3.65. The number of carbonyl (C=O) groups is 1. The maximum atomic E-state index is 12.6. The molecule has 3 aromatic rings. The molecule has 8 heteroatoms. The fraction of sp³-hybridized carbons (Fsp3) is 0.412. The van der Waals surface area contributed by atoms with Crippen molar-refractivity contribution >= 4 is 16.9 Å². The zero-order valence-corrected chi connectivity index (χ0v) is 14.1. The summed E-state index contributed by atoms with van der Waals surface area (Å²) in [5.74, 6) is 0.805. The Labute approximate surface area is 144 Å². The first kappa shape index (κ1) is 15.8. The highest BCUT2D eigenvalue weighted by atomic mass is 16.5. The van der Waals surface area contributed by atoms with E-state index in [4.69, 9.17) is 9.26 Å². The third kappa shape index (κ3) is 3.12. The summed E-state index contributed by atoms with van der Waals surface area (Å²) in [5, 5.41) is 11.1. The molecule has 25 heavy (non-hydrogen) atoms. The molecule has 0 radical (unpaired) electrons. The molecule has 4 rings (SSSR count). The Balaban J connectivity index is 1.47. The molecule has 0 aromatic carbocycles. The maximum absolute atomic E-state index is 12.6. The predicted molar refractivity (Wildman–Crippen MR) is 89.0 cm³/mol. The SMILES string of the molecule is Cc1cc(C[C@@H]2COC[C@@H]2NC(=O)c2cnc3cnn(C)c3c2)on1. The Kier molecular flexibility index (Phi) is 3.96. The summed E-state index contributed by atoms with van der Waals surface area (Å²) >= 11 is 0.